The summed E-state index contributed by atoms with van der Waals surface area (Å²) in [7, 11) is 0. The Morgan fingerprint density at radius 2 is 1.49 bits per heavy atom. The summed E-state index contributed by atoms with van der Waals surface area (Å²) in [5.74, 6) is 1.34. The molecule has 0 spiro atoms. The highest BCUT2D eigenvalue weighted by atomic mass is 16.3. The zero-order chi connectivity index (χ0) is 23.5. The predicted molar refractivity (Wildman–Crippen MR) is 144 cm³/mol. The van der Waals surface area contributed by atoms with Crippen LogP contribution in [-0.4, -0.2) is 9.97 Å². The van der Waals surface area contributed by atoms with Crippen LogP contribution in [0.5, 0.6) is 0 Å². The standard InChI is InChI=1S/C32H32N2O/c1-19-15-27-25-13-11-20(2)34-32(25)35-31(27)28(16-19)30-24-14-12-23(21-7-3-4-8-21)17-26(24)29(18-33-30)22-9-5-6-10-22/h11-18,21-22H,3-10H2,1-2H3. The summed E-state index contributed by atoms with van der Waals surface area (Å²) < 4.78 is 6.41. The highest BCUT2D eigenvalue weighted by molar-refractivity contribution is 6.11. The van der Waals surface area contributed by atoms with Gasteiger partial charge in [0.25, 0.3) is 0 Å². The molecule has 3 heterocycles. The Kier molecular flexibility index (Phi) is 4.94. The van der Waals surface area contributed by atoms with Crippen LogP contribution in [0.3, 0.4) is 0 Å². The van der Waals surface area contributed by atoms with Gasteiger partial charge in [0, 0.05) is 33.6 Å². The van der Waals surface area contributed by atoms with E-state index in [1.165, 1.54) is 78.8 Å². The molecule has 0 radical (unpaired) electrons. The predicted octanol–water partition coefficient (Wildman–Crippen LogP) is 9.13. The molecule has 0 amide bonds. The number of pyridine rings is 2. The topological polar surface area (TPSA) is 38.9 Å². The first kappa shape index (κ1) is 21.1. The summed E-state index contributed by atoms with van der Waals surface area (Å²) in [4.78, 5) is 9.82. The van der Waals surface area contributed by atoms with Crippen molar-refractivity contribution in [3.63, 3.8) is 0 Å². The molecule has 0 atom stereocenters. The zero-order valence-corrected chi connectivity index (χ0v) is 20.7. The van der Waals surface area contributed by atoms with E-state index in [0.717, 1.165) is 33.3 Å². The van der Waals surface area contributed by atoms with Crippen molar-refractivity contribution in [3.8, 4) is 11.3 Å². The SMILES string of the molecule is Cc1cc(-c2ncc(C3CCCC3)c3cc(C4CCCC4)ccc23)c2oc3nc(C)ccc3c2c1. The fourth-order valence-electron chi connectivity index (χ4n) is 6.74. The van der Waals surface area contributed by atoms with Crippen molar-refractivity contribution in [2.45, 2.75) is 77.0 Å². The fourth-order valence-corrected chi connectivity index (χ4v) is 6.74. The minimum Gasteiger partial charge on any atom is -0.437 e. The molecule has 0 saturated heterocycles. The Morgan fingerprint density at radius 3 is 2.29 bits per heavy atom. The van der Waals surface area contributed by atoms with Crippen LogP contribution in [0.1, 0.15) is 85.6 Å². The summed E-state index contributed by atoms with van der Waals surface area (Å²) in [5.41, 5.74) is 8.87. The number of nitrogens with zero attached hydrogens (tertiary/aromatic N) is 2. The highest BCUT2D eigenvalue weighted by Crippen LogP contribution is 2.44. The van der Waals surface area contributed by atoms with Gasteiger partial charge in [-0.25, -0.2) is 4.98 Å². The van der Waals surface area contributed by atoms with Crippen LogP contribution in [0.4, 0.5) is 0 Å². The second kappa shape index (κ2) is 8.19. The molecule has 0 unspecified atom stereocenters. The van der Waals surface area contributed by atoms with Crippen molar-refractivity contribution in [1.82, 2.24) is 9.97 Å². The number of fused-ring (bicyclic) bond motifs is 4. The maximum absolute atomic E-state index is 6.41. The first-order valence-corrected chi connectivity index (χ1v) is 13.4. The van der Waals surface area contributed by atoms with Gasteiger partial charge in [-0.1, -0.05) is 43.9 Å². The van der Waals surface area contributed by atoms with Crippen LogP contribution in [0, 0.1) is 13.8 Å². The number of furan rings is 1. The second-order valence-corrected chi connectivity index (χ2v) is 10.9. The van der Waals surface area contributed by atoms with E-state index in [2.05, 4.69) is 60.6 Å². The van der Waals surface area contributed by atoms with Gasteiger partial charge in [-0.15, -0.1) is 0 Å². The van der Waals surface area contributed by atoms with E-state index in [9.17, 15) is 0 Å². The van der Waals surface area contributed by atoms with Gasteiger partial charge in [-0.3, -0.25) is 4.98 Å². The summed E-state index contributed by atoms with van der Waals surface area (Å²) in [6, 6.07) is 15.9. The van der Waals surface area contributed by atoms with E-state index in [1.807, 2.05) is 6.92 Å². The average molecular weight is 461 g/mol. The van der Waals surface area contributed by atoms with E-state index in [0.29, 0.717) is 17.5 Å². The molecular formula is C32H32N2O. The summed E-state index contributed by atoms with van der Waals surface area (Å²) in [6.45, 7) is 4.17. The lowest BCUT2D eigenvalue weighted by Gasteiger charge is -2.18. The van der Waals surface area contributed by atoms with E-state index in [4.69, 9.17) is 9.40 Å². The van der Waals surface area contributed by atoms with Crippen LogP contribution in [-0.2, 0) is 0 Å². The number of hydrogen-bond acceptors (Lipinski definition) is 3. The smallest absolute Gasteiger partial charge is 0.227 e. The Hall–Kier alpha value is -3.20. The summed E-state index contributed by atoms with van der Waals surface area (Å²) in [5, 5.41) is 4.87. The Balaban J connectivity index is 1.49. The minimum atomic E-state index is 0.633. The van der Waals surface area contributed by atoms with Crippen molar-refractivity contribution >= 4 is 32.8 Å². The lowest BCUT2D eigenvalue weighted by molar-refractivity contribution is 0.653. The molecule has 2 aromatic carbocycles. The number of benzene rings is 2. The number of rotatable bonds is 3. The van der Waals surface area contributed by atoms with Gasteiger partial charge in [0.2, 0.25) is 5.71 Å². The van der Waals surface area contributed by atoms with E-state index < -0.39 is 0 Å². The molecule has 2 aliphatic carbocycles. The molecular weight excluding hydrogens is 428 g/mol. The van der Waals surface area contributed by atoms with Crippen LogP contribution < -0.4 is 0 Å². The lowest BCUT2D eigenvalue weighted by Crippen LogP contribution is -2.00. The molecule has 176 valence electrons. The van der Waals surface area contributed by atoms with Gasteiger partial charge in [0.05, 0.1) is 5.69 Å². The molecule has 7 rings (SSSR count). The zero-order valence-electron chi connectivity index (χ0n) is 20.7. The third-order valence-electron chi connectivity index (χ3n) is 8.54. The average Bonchev–Trinajstić information content (AvgIpc) is 3.64. The third-order valence-corrected chi connectivity index (χ3v) is 8.54. The Morgan fingerprint density at radius 1 is 0.743 bits per heavy atom. The van der Waals surface area contributed by atoms with Crippen LogP contribution in [0.15, 0.2) is 53.1 Å². The van der Waals surface area contributed by atoms with Crippen molar-refractivity contribution in [2.24, 2.45) is 0 Å². The Bertz CT molecular complexity index is 1580. The summed E-state index contributed by atoms with van der Waals surface area (Å²) >= 11 is 0. The maximum Gasteiger partial charge on any atom is 0.227 e. The molecule has 3 aromatic heterocycles. The molecule has 2 saturated carbocycles. The summed E-state index contributed by atoms with van der Waals surface area (Å²) in [6.07, 6.45) is 12.8. The molecule has 0 bridgehead atoms. The Labute approximate surface area is 206 Å². The first-order chi connectivity index (χ1) is 17.2. The molecule has 3 nitrogen and oxygen atoms in total. The monoisotopic (exact) mass is 460 g/mol. The van der Waals surface area contributed by atoms with E-state index >= 15 is 0 Å². The molecule has 0 N–H and O–H groups in total. The first-order valence-electron chi connectivity index (χ1n) is 13.4. The largest absolute Gasteiger partial charge is 0.437 e. The maximum atomic E-state index is 6.41. The number of hydrogen-bond donors (Lipinski definition) is 0. The van der Waals surface area contributed by atoms with Gasteiger partial charge in [-0.2, -0.15) is 0 Å². The van der Waals surface area contributed by atoms with Gasteiger partial charge in [0.15, 0.2) is 0 Å². The van der Waals surface area contributed by atoms with Crippen molar-refractivity contribution in [1.29, 1.82) is 0 Å². The van der Waals surface area contributed by atoms with Gasteiger partial charge < -0.3 is 4.42 Å². The van der Waals surface area contributed by atoms with Gasteiger partial charge in [-0.05, 0) is 97.7 Å². The minimum absolute atomic E-state index is 0.633. The quantitative estimate of drug-likeness (QED) is 0.269. The molecule has 3 heteroatoms. The van der Waals surface area contributed by atoms with Gasteiger partial charge >= 0.3 is 0 Å². The second-order valence-electron chi connectivity index (χ2n) is 10.9. The van der Waals surface area contributed by atoms with Crippen molar-refractivity contribution in [2.75, 3.05) is 0 Å². The molecule has 5 aromatic rings. The van der Waals surface area contributed by atoms with Crippen LogP contribution >= 0.6 is 0 Å². The molecule has 2 aliphatic rings. The lowest BCUT2D eigenvalue weighted by atomic mass is 9.88. The van der Waals surface area contributed by atoms with Gasteiger partial charge in [0.1, 0.15) is 5.58 Å². The molecule has 0 aliphatic heterocycles. The normalized spacial score (nSPS) is 17.4. The van der Waals surface area contributed by atoms with Crippen molar-refractivity contribution in [3.05, 3.63) is 71.0 Å². The fraction of sp³-hybridized carbons (Fsp3) is 0.375. The molecule has 2 fully saturated rings. The third kappa shape index (κ3) is 3.47. The molecule has 35 heavy (non-hydrogen) atoms. The van der Waals surface area contributed by atoms with E-state index in [1.54, 1.807) is 0 Å². The van der Waals surface area contributed by atoms with E-state index in [-0.39, 0.29) is 0 Å². The highest BCUT2D eigenvalue weighted by Gasteiger charge is 2.24. The van der Waals surface area contributed by atoms with Crippen LogP contribution in [0.2, 0.25) is 0 Å². The number of aromatic nitrogens is 2. The van der Waals surface area contributed by atoms with Crippen LogP contribution in [0.25, 0.3) is 44.1 Å². The number of aryl methyl sites for hydroxylation is 2. The van der Waals surface area contributed by atoms with Crippen molar-refractivity contribution < 1.29 is 4.42 Å².